The molecule has 0 saturated heterocycles. The Labute approximate surface area is 274 Å². The molecule has 4 aliphatic rings. The van der Waals surface area contributed by atoms with Gasteiger partial charge in [-0.15, -0.1) is 0 Å². The molecule has 0 bridgehead atoms. The van der Waals surface area contributed by atoms with Gasteiger partial charge in [-0.3, -0.25) is 0 Å². The molecule has 4 saturated carbocycles. The maximum Gasteiger partial charge on any atom is 0.0637 e. The lowest BCUT2D eigenvalue weighted by Crippen LogP contribution is -2.63. The Bertz CT molecular complexity index is 1110. The summed E-state index contributed by atoms with van der Waals surface area (Å²) in [5.74, 6) is 2.86. The Morgan fingerprint density at radius 3 is 2.04 bits per heavy atom. The molecule has 0 amide bonds. The van der Waals surface area contributed by atoms with E-state index in [2.05, 4.69) is 50.8 Å². The molecular weight excluding hydrogens is 586 g/mol. The molecule has 0 aromatic carbocycles. The summed E-state index contributed by atoms with van der Waals surface area (Å²) in [5.41, 5.74) is 26.3. The second kappa shape index (κ2) is 17.8. The fraction of sp³-hybridized carbons (Fsp3) is 1.00. The van der Waals surface area contributed by atoms with Crippen LogP contribution in [0.1, 0.15) is 97.8 Å². The molecule has 0 aromatic heterocycles. The van der Waals surface area contributed by atoms with E-state index in [4.69, 9.17) is 30.8 Å². The predicted molar refractivity (Wildman–Crippen MR) is 177 cm³/mol. The zero-order valence-electron chi connectivity index (χ0n) is 28.3. The summed E-state index contributed by atoms with van der Waals surface area (Å²) in [6.07, 6.45) is 12.0. The summed E-state index contributed by atoms with van der Waals surface area (Å²) in [6.45, 7) is 10.8. The van der Waals surface area contributed by atoms with Gasteiger partial charge >= 0.3 is 0 Å². The van der Waals surface area contributed by atoms with Gasteiger partial charge in [0.05, 0.1) is 18.3 Å². The minimum atomic E-state index is -0.00331. The molecule has 0 aliphatic heterocycles. The molecule has 46 heavy (non-hydrogen) atoms. The molecule has 0 heterocycles. The average molecular weight is 644 g/mol. The standard InChI is InChI=1S/C33H57N9O4/c1-23(8-4-16-43)26-9-10-27-31-28(22-30(33(26,27)3)46-19-7-15-39-42-36)32(2)12-11-25(44-17-5-13-37-40-34)20-24(32)21-29(31)45-18-6-14-38-41-35/h23-31,43H,4-22H2,1-3H3/t23-,24-,25+,26+,27-,28-,29+,30-,31-,32-,33+/m0/s1. The zero-order chi connectivity index (χ0) is 33.0. The van der Waals surface area contributed by atoms with Crippen LogP contribution in [0.4, 0.5) is 0 Å². The number of nitrogens with zero attached hydrogens (tertiary/aromatic N) is 9. The molecule has 4 rings (SSSR count). The maximum absolute atomic E-state index is 9.63. The number of azide groups is 3. The van der Waals surface area contributed by atoms with Crippen LogP contribution in [-0.2, 0) is 14.2 Å². The highest BCUT2D eigenvalue weighted by molar-refractivity contribution is 5.15. The van der Waals surface area contributed by atoms with Gasteiger partial charge in [-0.25, -0.2) is 0 Å². The smallest absolute Gasteiger partial charge is 0.0637 e. The van der Waals surface area contributed by atoms with E-state index in [0.717, 1.165) is 64.2 Å². The zero-order valence-corrected chi connectivity index (χ0v) is 28.3. The Hall–Kier alpha value is -2.23. The van der Waals surface area contributed by atoms with E-state index in [1.54, 1.807) is 0 Å². The van der Waals surface area contributed by atoms with Crippen LogP contribution < -0.4 is 0 Å². The van der Waals surface area contributed by atoms with Gasteiger partial charge in [0.15, 0.2) is 0 Å². The van der Waals surface area contributed by atoms with Crippen molar-refractivity contribution in [1.82, 2.24) is 0 Å². The number of aliphatic hydroxyl groups is 1. The van der Waals surface area contributed by atoms with Gasteiger partial charge in [0.1, 0.15) is 0 Å². The summed E-state index contributed by atoms with van der Waals surface area (Å²) in [6, 6.07) is 0. The van der Waals surface area contributed by atoms with Crippen LogP contribution in [0.15, 0.2) is 15.3 Å². The largest absolute Gasteiger partial charge is 0.396 e. The number of rotatable bonds is 19. The van der Waals surface area contributed by atoms with Gasteiger partial charge in [-0.1, -0.05) is 36.1 Å². The molecule has 4 fully saturated rings. The molecule has 13 nitrogen and oxygen atoms in total. The quantitative estimate of drug-likeness (QED) is 0.0637. The average Bonchev–Trinajstić information content (AvgIpc) is 3.41. The molecule has 0 unspecified atom stereocenters. The number of aliphatic hydroxyl groups excluding tert-OH is 1. The van der Waals surface area contributed by atoms with E-state index < -0.39 is 0 Å². The summed E-state index contributed by atoms with van der Waals surface area (Å²) in [4.78, 5) is 8.71. The van der Waals surface area contributed by atoms with Crippen molar-refractivity contribution in [2.45, 2.75) is 116 Å². The first-order chi connectivity index (χ1) is 22.3. The first kappa shape index (κ1) is 36.6. The van der Waals surface area contributed by atoms with Crippen LogP contribution in [0.25, 0.3) is 31.3 Å². The van der Waals surface area contributed by atoms with E-state index in [1.165, 1.54) is 12.8 Å². The number of hydrogen-bond acceptors (Lipinski definition) is 7. The molecular formula is C33H57N9O4. The van der Waals surface area contributed by atoms with Crippen molar-refractivity contribution < 1.29 is 19.3 Å². The second-order valence-electron chi connectivity index (χ2n) is 14.8. The van der Waals surface area contributed by atoms with Crippen LogP contribution in [0.2, 0.25) is 0 Å². The highest BCUT2D eigenvalue weighted by atomic mass is 16.5. The minimum absolute atomic E-state index is 0.00331. The normalized spacial score (nSPS) is 37.0. The highest BCUT2D eigenvalue weighted by Crippen LogP contribution is 2.69. The van der Waals surface area contributed by atoms with Crippen molar-refractivity contribution in [2.75, 3.05) is 46.1 Å². The van der Waals surface area contributed by atoms with Gasteiger partial charge in [-0.2, -0.15) is 0 Å². The molecule has 11 atom stereocenters. The van der Waals surface area contributed by atoms with Crippen LogP contribution in [0.3, 0.4) is 0 Å². The molecule has 1 N–H and O–H groups in total. The van der Waals surface area contributed by atoms with Gasteiger partial charge in [0.25, 0.3) is 0 Å². The van der Waals surface area contributed by atoms with Crippen LogP contribution in [-0.4, -0.2) is 69.5 Å². The van der Waals surface area contributed by atoms with Crippen molar-refractivity contribution >= 4 is 0 Å². The van der Waals surface area contributed by atoms with Crippen molar-refractivity contribution in [3.05, 3.63) is 31.3 Å². The van der Waals surface area contributed by atoms with Crippen molar-refractivity contribution in [1.29, 1.82) is 0 Å². The van der Waals surface area contributed by atoms with E-state index in [0.29, 0.717) is 75.0 Å². The Balaban J connectivity index is 1.61. The summed E-state index contributed by atoms with van der Waals surface area (Å²) < 4.78 is 20.1. The van der Waals surface area contributed by atoms with Gasteiger partial charge < -0.3 is 19.3 Å². The third kappa shape index (κ3) is 8.24. The third-order valence-electron chi connectivity index (χ3n) is 12.7. The molecule has 258 valence electrons. The molecule has 13 heteroatoms. The van der Waals surface area contributed by atoms with E-state index >= 15 is 0 Å². The van der Waals surface area contributed by atoms with Crippen LogP contribution >= 0.6 is 0 Å². The highest BCUT2D eigenvalue weighted by Gasteiger charge is 2.66. The molecule has 4 aliphatic carbocycles. The summed E-state index contributed by atoms with van der Waals surface area (Å²) in [5, 5.41) is 20.8. The van der Waals surface area contributed by atoms with Gasteiger partial charge in [0.2, 0.25) is 0 Å². The SMILES string of the molecule is C[C@@H](CCCO)[C@H]1CC[C@H]2[C@@H]3[C@H](OCCCN=[N+]=[N-])C[C@@H]4C[C@H](OCCCN=[N+]=[N-])CC[C@]4(C)[C@H]3C[C@H](OCCCN=[N+]=[N-])[C@]12C. The first-order valence-electron chi connectivity index (χ1n) is 17.8. The second-order valence-corrected chi connectivity index (χ2v) is 14.8. The molecule has 0 aromatic rings. The van der Waals surface area contributed by atoms with E-state index in [1.807, 2.05) is 0 Å². The minimum Gasteiger partial charge on any atom is -0.396 e. The fourth-order valence-electron chi connectivity index (χ4n) is 10.5. The lowest BCUT2D eigenvalue weighted by Gasteiger charge is -2.65. The summed E-state index contributed by atoms with van der Waals surface area (Å²) in [7, 11) is 0. The number of fused-ring (bicyclic) bond motifs is 5. The van der Waals surface area contributed by atoms with Gasteiger partial charge in [0, 0.05) is 66.2 Å². The third-order valence-corrected chi connectivity index (χ3v) is 12.7. The fourth-order valence-corrected chi connectivity index (χ4v) is 10.5. The summed E-state index contributed by atoms with van der Waals surface area (Å²) >= 11 is 0. The first-order valence-corrected chi connectivity index (χ1v) is 17.8. The van der Waals surface area contributed by atoms with E-state index in [-0.39, 0.29) is 35.7 Å². The Morgan fingerprint density at radius 1 is 0.783 bits per heavy atom. The van der Waals surface area contributed by atoms with Crippen molar-refractivity contribution in [3.63, 3.8) is 0 Å². The van der Waals surface area contributed by atoms with Crippen LogP contribution in [0, 0.1) is 46.3 Å². The van der Waals surface area contributed by atoms with E-state index in [9.17, 15) is 5.11 Å². The molecule has 0 spiro atoms. The predicted octanol–water partition coefficient (Wildman–Crippen LogP) is 8.53. The monoisotopic (exact) mass is 643 g/mol. The number of hydrogen-bond donors (Lipinski definition) is 1. The van der Waals surface area contributed by atoms with Crippen molar-refractivity contribution in [2.24, 2.45) is 61.7 Å². The maximum atomic E-state index is 9.63. The van der Waals surface area contributed by atoms with Gasteiger partial charge in [-0.05, 0) is 135 Å². The topological polar surface area (TPSA) is 194 Å². The lowest BCUT2D eigenvalue weighted by atomic mass is 9.43. The Morgan fingerprint density at radius 2 is 1.41 bits per heavy atom. The number of ether oxygens (including phenoxy) is 3. The lowest BCUT2D eigenvalue weighted by molar-refractivity contribution is -0.227. The van der Waals surface area contributed by atoms with Crippen molar-refractivity contribution in [3.8, 4) is 0 Å². The Kier molecular flexibility index (Phi) is 14.2. The molecule has 0 radical (unpaired) electrons. The van der Waals surface area contributed by atoms with Crippen LogP contribution in [0.5, 0.6) is 0 Å².